The van der Waals surface area contributed by atoms with Crippen LogP contribution in [0.15, 0.2) is 18.2 Å². The van der Waals surface area contributed by atoms with Crippen molar-refractivity contribution in [1.82, 2.24) is 0 Å². The number of nitrogens with two attached hydrogens (primary N) is 1. The van der Waals surface area contributed by atoms with E-state index < -0.39 is 17.9 Å². The van der Waals surface area contributed by atoms with E-state index in [1.165, 1.54) is 18.2 Å². The molecule has 6 N–H and O–H groups in total. The number of phenolic OH excluding ortho intramolecular Hbond substituents is 2. The van der Waals surface area contributed by atoms with E-state index in [1.54, 1.807) is 0 Å². The van der Waals surface area contributed by atoms with Crippen molar-refractivity contribution in [2.75, 3.05) is 5.32 Å². The molecule has 1 aromatic carbocycles. The number of aromatic hydroxyl groups is 2. The number of amides is 1. The normalized spacial score (nSPS) is 11.8. The minimum absolute atomic E-state index is 0.0191. The molecule has 0 heterocycles. The van der Waals surface area contributed by atoms with Crippen LogP contribution in [0.25, 0.3) is 0 Å². The van der Waals surface area contributed by atoms with E-state index in [4.69, 9.17) is 15.9 Å². The van der Waals surface area contributed by atoms with Crippen LogP contribution in [0.5, 0.6) is 11.5 Å². The Morgan fingerprint density at radius 2 is 1.94 bits per heavy atom. The van der Waals surface area contributed by atoms with Crippen molar-refractivity contribution in [2.24, 2.45) is 5.73 Å². The minimum atomic E-state index is -1.16. The molecule has 0 aromatic heterocycles. The third kappa shape index (κ3) is 3.95. The van der Waals surface area contributed by atoms with Crippen molar-refractivity contribution < 1.29 is 24.9 Å². The van der Waals surface area contributed by atoms with E-state index in [-0.39, 0.29) is 24.3 Å². The van der Waals surface area contributed by atoms with Gasteiger partial charge >= 0.3 is 5.97 Å². The number of phenols is 2. The number of benzene rings is 1. The molecular formula is C11H14N2O5. The van der Waals surface area contributed by atoms with Gasteiger partial charge in [-0.2, -0.15) is 0 Å². The summed E-state index contributed by atoms with van der Waals surface area (Å²) in [6.45, 7) is 0. The van der Waals surface area contributed by atoms with Crippen LogP contribution in [0, 0.1) is 0 Å². The molecule has 1 amide bonds. The first kappa shape index (κ1) is 13.8. The summed E-state index contributed by atoms with van der Waals surface area (Å²) < 4.78 is 0. The molecule has 7 heteroatoms. The molecule has 0 fully saturated rings. The van der Waals surface area contributed by atoms with Gasteiger partial charge in [-0.3, -0.25) is 9.59 Å². The summed E-state index contributed by atoms with van der Waals surface area (Å²) in [5.74, 6) is -2.22. The van der Waals surface area contributed by atoms with Crippen molar-refractivity contribution in [3.8, 4) is 11.5 Å². The highest BCUT2D eigenvalue weighted by Crippen LogP contribution is 2.27. The number of rotatable bonds is 5. The van der Waals surface area contributed by atoms with Gasteiger partial charge in [0.15, 0.2) is 11.5 Å². The fourth-order valence-corrected chi connectivity index (χ4v) is 1.23. The third-order valence-electron chi connectivity index (χ3n) is 2.26. The van der Waals surface area contributed by atoms with Gasteiger partial charge in [0.1, 0.15) is 6.04 Å². The molecular weight excluding hydrogens is 240 g/mol. The lowest BCUT2D eigenvalue weighted by molar-refractivity contribution is -0.138. The number of carboxylic acids is 1. The molecule has 1 rings (SSSR count). The van der Waals surface area contributed by atoms with Crippen LogP contribution in [0.3, 0.4) is 0 Å². The van der Waals surface area contributed by atoms with Crippen LogP contribution in [-0.4, -0.2) is 33.2 Å². The molecule has 0 radical (unpaired) electrons. The van der Waals surface area contributed by atoms with Gasteiger partial charge in [-0.15, -0.1) is 0 Å². The van der Waals surface area contributed by atoms with Gasteiger partial charge < -0.3 is 26.4 Å². The zero-order valence-corrected chi connectivity index (χ0v) is 9.46. The molecule has 0 saturated heterocycles. The quantitative estimate of drug-likeness (QED) is 0.377. The molecule has 0 unspecified atom stereocenters. The lowest BCUT2D eigenvalue weighted by Crippen LogP contribution is -2.31. The lowest BCUT2D eigenvalue weighted by atomic mass is 10.1. The summed E-state index contributed by atoms with van der Waals surface area (Å²) in [5.41, 5.74) is 5.55. The van der Waals surface area contributed by atoms with Gasteiger partial charge in [0.2, 0.25) is 5.91 Å². The first-order valence-electron chi connectivity index (χ1n) is 5.20. The maximum Gasteiger partial charge on any atom is 0.320 e. The molecule has 1 aromatic rings. The molecule has 7 nitrogen and oxygen atoms in total. The van der Waals surface area contributed by atoms with E-state index in [0.717, 1.165) is 0 Å². The zero-order chi connectivity index (χ0) is 13.7. The van der Waals surface area contributed by atoms with Crippen molar-refractivity contribution in [3.05, 3.63) is 18.2 Å². The second kappa shape index (κ2) is 5.87. The fourth-order valence-electron chi connectivity index (χ4n) is 1.23. The molecule has 98 valence electrons. The van der Waals surface area contributed by atoms with Crippen molar-refractivity contribution in [2.45, 2.75) is 18.9 Å². The second-order valence-corrected chi connectivity index (χ2v) is 3.74. The highest BCUT2D eigenvalue weighted by molar-refractivity contribution is 5.91. The average Bonchev–Trinajstić information content (AvgIpc) is 2.30. The molecule has 0 aliphatic heterocycles. The van der Waals surface area contributed by atoms with Gasteiger partial charge in [0, 0.05) is 18.2 Å². The van der Waals surface area contributed by atoms with Gasteiger partial charge in [0.05, 0.1) is 0 Å². The predicted octanol–water partition coefficient (Wildman–Crippen LogP) is 0.228. The van der Waals surface area contributed by atoms with Crippen molar-refractivity contribution in [1.29, 1.82) is 0 Å². The van der Waals surface area contributed by atoms with Crippen LogP contribution in [0.4, 0.5) is 5.69 Å². The van der Waals surface area contributed by atoms with Gasteiger partial charge in [0.25, 0.3) is 0 Å². The number of carboxylic acid groups (broad SMARTS) is 1. The largest absolute Gasteiger partial charge is 0.504 e. The fraction of sp³-hybridized carbons (Fsp3) is 0.273. The predicted molar refractivity (Wildman–Crippen MR) is 63.2 cm³/mol. The highest BCUT2D eigenvalue weighted by atomic mass is 16.4. The minimum Gasteiger partial charge on any atom is -0.504 e. The zero-order valence-electron chi connectivity index (χ0n) is 9.46. The monoisotopic (exact) mass is 254 g/mol. The van der Waals surface area contributed by atoms with E-state index in [9.17, 15) is 14.7 Å². The van der Waals surface area contributed by atoms with E-state index in [1.807, 2.05) is 0 Å². The molecule has 0 aliphatic carbocycles. The molecule has 0 aliphatic rings. The second-order valence-electron chi connectivity index (χ2n) is 3.74. The Labute approximate surface area is 103 Å². The topological polar surface area (TPSA) is 133 Å². The Morgan fingerprint density at radius 3 is 2.50 bits per heavy atom. The number of anilines is 1. The molecule has 18 heavy (non-hydrogen) atoms. The maximum absolute atomic E-state index is 11.4. The third-order valence-corrected chi connectivity index (χ3v) is 2.26. The van der Waals surface area contributed by atoms with Crippen LogP contribution in [-0.2, 0) is 9.59 Å². The average molecular weight is 254 g/mol. The molecule has 0 spiro atoms. The SMILES string of the molecule is N[C@@H](CCC(=O)Nc1ccc(O)c(O)c1)C(=O)O. The number of carbonyl (C=O) groups is 2. The van der Waals surface area contributed by atoms with Crippen LogP contribution in [0.1, 0.15) is 12.8 Å². The number of carbonyl (C=O) groups excluding carboxylic acids is 1. The number of hydrogen-bond acceptors (Lipinski definition) is 5. The summed E-state index contributed by atoms with van der Waals surface area (Å²) in [6.07, 6.45) is -0.0274. The Hall–Kier alpha value is -2.28. The van der Waals surface area contributed by atoms with Gasteiger partial charge in [-0.1, -0.05) is 0 Å². The van der Waals surface area contributed by atoms with E-state index >= 15 is 0 Å². The standard InChI is InChI=1S/C11H14N2O5/c12-7(11(17)18)2-4-10(16)13-6-1-3-8(14)9(15)5-6/h1,3,5,7,14-15H,2,4,12H2,(H,13,16)(H,17,18)/t7-/m0/s1. The summed E-state index contributed by atoms with van der Waals surface area (Å²) in [5, 5.41) is 29.3. The number of hydrogen-bond donors (Lipinski definition) is 5. The number of nitrogens with one attached hydrogen (secondary N) is 1. The molecule has 0 saturated carbocycles. The first-order valence-corrected chi connectivity index (χ1v) is 5.20. The smallest absolute Gasteiger partial charge is 0.320 e. The van der Waals surface area contributed by atoms with Crippen molar-refractivity contribution in [3.63, 3.8) is 0 Å². The summed E-state index contributed by atoms with van der Waals surface area (Å²) in [7, 11) is 0. The summed E-state index contributed by atoms with van der Waals surface area (Å²) in [6, 6.07) is 2.74. The lowest BCUT2D eigenvalue weighted by Gasteiger charge is -2.08. The van der Waals surface area contributed by atoms with E-state index in [2.05, 4.69) is 5.32 Å². The summed E-state index contributed by atoms with van der Waals surface area (Å²) in [4.78, 5) is 21.9. The maximum atomic E-state index is 11.4. The first-order chi connectivity index (χ1) is 8.40. The number of aliphatic carboxylic acids is 1. The highest BCUT2D eigenvalue weighted by Gasteiger charge is 2.13. The van der Waals surface area contributed by atoms with Gasteiger partial charge in [-0.05, 0) is 18.6 Å². The Balaban J connectivity index is 2.49. The summed E-state index contributed by atoms with van der Waals surface area (Å²) >= 11 is 0. The Bertz CT molecular complexity index is 461. The van der Waals surface area contributed by atoms with Crippen LogP contribution in [0.2, 0.25) is 0 Å². The van der Waals surface area contributed by atoms with Crippen LogP contribution < -0.4 is 11.1 Å². The Kier molecular flexibility index (Phi) is 4.50. The molecule has 0 bridgehead atoms. The van der Waals surface area contributed by atoms with Gasteiger partial charge in [-0.25, -0.2) is 0 Å². The molecule has 1 atom stereocenters. The van der Waals surface area contributed by atoms with E-state index in [0.29, 0.717) is 5.69 Å². The van der Waals surface area contributed by atoms with Crippen LogP contribution >= 0.6 is 0 Å². The van der Waals surface area contributed by atoms with Crippen molar-refractivity contribution >= 4 is 17.6 Å². The Morgan fingerprint density at radius 1 is 1.28 bits per heavy atom.